The summed E-state index contributed by atoms with van der Waals surface area (Å²) in [6.45, 7) is 6.31. The normalized spacial score (nSPS) is 12.5. The van der Waals surface area contributed by atoms with Crippen LogP contribution >= 0.6 is 15.9 Å². The molecule has 0 aliphatic carbocycles. The predicted octanol–water partition coefficient (Wildman–Crippen LogP) is 3.37. The molecule has 0 aliphatic rings. The molecule has 0 aliphatic heterocycles. The number of hydrogen-bond donors (Lipinski definition) is 1. The summed E-state index contributed by atoms with van der Waals surface area (Å²) in [6.07, 6.45) is -0.502. The van der Waals surface area contributed by atoms with Crippen LogP contribution in [0.15, 0.2) is 22.7 Å². The molecule has 1 aromatic carbocycles. The third kappa shape index (κ3) is 2.88. The first-order valence-electron chi connectivity index (χ1n) is 6.48. The zero-order valence-corrected chi connectivity index (χ0v) is 13.7. The van der Waals surface area contributed by atoms with Crippen molar-refractivity contribution in [2.24, 2.45) is 0 Å². The van der Waals surface area contributed by atoms with Gasteiger partial charge in [-0.3, -0.25) is 4.68 Å². The van der Waals surface area contributed by atoms with E-state index in [0.717, 1.165) is 32.7 Å². The second kappa shape index (κ2) is 5.97. The van der Waals surface area contributed by atoms with Crippen molar-refractivity contribution in [1.29, 1.82) is 0 Å². The minimum Gasteiger partial charge on any atom is -0.497 e. The Balaban J connectivity index is 2.38. The fraction of sp³-hybridized carbons (Fsp3) is 0.400. The molecule has 0 radical (unpaired) electrons. The number of aromatic nitrogens is 2. The third-order valence-corrected chi connectivity index (χ3v) is 4.20. The van der Waals surface area contributed by atoms with Crippen LogP contribution in [-0.2, 0) is 6.54 Å². The van der Waals surface area contributed by atoms with E-state index >= 15 is 0 Å². The summed E-state index contributed by atoms with van der Waals surface area (Å²) < 4.78 is 8.19. The number of hydrogen-bond acceptors (Lipinski definition) is 3. The van der Waals surface area contributed by atoms with Crippen LogP contribution in [0.25, 0.3) is 0 Å². The van der Waals surface area contributed by atoms with Crippen LogP contribution in [0.1, 0.15) is 35.5 Å². The summed E-state index contributed by atoms with van der Waals surface area (Å²) in [7, 11) is 1.65. The molecule has 0 saturated carbocycles. The van der Waals surface area contributed by atoms with E-state index in [-0.39, 0.29) is 0 Å². The van der Waals surface area contributed by atoms with Crippen LogP contribution in [0.2, 0.25) is 0 Å². The van der Waals surface area contributed by atoms with Crippen LogP contribution in [0.3, 0.4) is 0 Å². The van der Waals surface area contributed by atoms with Crippen molar-refractivity contribution >= 4 is 15.9 Å². The largest absolute Gasteiger partial charge is 0.497 e. The zero-order chi connectivity index (χ0) is 14.9. The highest BCUT2D eigenvalue weighted by atomic mass is 79.9. The highest BCUT2D eigenvalue weighted by Gasteiger charge is 2.16. The van der Waals surface area contributed by atoms with Crippen LogP contribution < -0.4 is 4.74 Å². The maximum Gasteiger partial charge on any atom is 0.119 e. The lowest BCUT2D eigenvalue weighted by Crippen LogP contribution is -2.05. The summed E-state index contributed by atoms with van der Waals surface area (Å²) in [5.74, 6) is 0.820. The number of rotatable bonds is 4. The van der Waals surface area contributed by atoms with E-state index in [2.05, 4.69) is 21.0 Å². The van der Waals surface area contributed by atoms with Gasteiger partial charge >= 0.3 is 0 Å². The van der Waals surface area contributed by atoms with Gasteiger partial charge in [0, 0.05) is 15.7 Å². The number of ether oxygens (including phenoxy) is 1. The molecule has 0 bridgehead atoms. The van der Waals surface area contributed by atoms with Gasteiger partial charge in [-0.15, -0.1) is 0 Å². The van der Waals surface area contributed by atoms with Crippen molar-refractivity contribution in [3.05, 3.63) is 45.2 Å². The molecule has 1 aromatic heterocycles. The molecule has 1 unspecified atom stereocenters. The van der Waals surface area contributed by atoms with Crippen molar-refractivity contribution < 1.29 is 9.84 Å². The first-order chi connectivity index (χ1) is 9.43. The van der Waals surface area contributed by atoms with Gasteiger partial charge in [0.2, 0.25) is 0 Å². The van der Waals surface area contributed by atoms with Crippen molar-refractivity contribution in [2.45, 2.75) is 33.4 Å². The standard InChI is InChI=1S/C15H19BrN2O2/c1-9-15(11(3)19)10(2)18(17-9)8-12-7-13(20-4)5-6-14(12)16/h5-7,11,19H,8H2,1-4H3. The average molecular weight is 339 g/mol. The molecule has 2 aromatic rings. The van der Waals surface area contributed by atoms with E-state index in [9.17, 15) is 5.11 Å². The smallest absolute Gasteiger partial charge is 0.119 e. The molecule has 20 heavy (non-hydrogen) atoms. The summed E-state index contributed by atoms with van der Waals surface area (Å²) in [6, 6.07) is 5.87. The average Bonchev–Trinajstić information content (AvgIpc) is 2.67. The van der Waals surface area contributed by atoms with Crippen LogP contribution in [0.5, 0.6) is 5.75 Å². The maximum absolute atomic E-state index is 9.82. The summed E-state index contributed by atoms with van der Waals surface area (Å²) >= 11 is 3.55. The fourth-order valence-corrected chi connectivity index (χ4v) is 2.80. The zero-order valence-electron chi connectivity index (χ0n) is 12.1. The van der Waals surface area contributed by atoms with Crippen LogP contribution in [0.4, 0.5) is 0 Å². The van der Waals surface area contributed by atoms with Gasteiger partial charge in [0.25, 0.3) is 0 Å². The van der Waals surface area contributed by atoms with E-state index in [1.54, 1.807) is 14.0 Å². The molecule has 4 nitrogen and oxygen atoms in total. The number of halogens is 1. The SMILES string of the molecule is COc1ccc(Br)c(Cn2nc(C)c(C(C)O)c2C)c1. The maximum atomic E-state index is 9.82. The first kappa shape index (κ1) is 15.1. The third-order valence-electron chi connectivity index (χ3n) is 3.43. The molecule has 0 spiro atoms. The van der Waals surface area contributed by atoms with Crippen molar-refractivity contribution in [3.8, 4) is 5.75 Å². The highest BCUT2D eigenvalue weighted by molar-refractivity contribution is 9.10. The van der Waals surface area contributed by atoms with Gasteiger partial charge in [0.05, 0.1) is 25.5 Å². The number of nitrogens with zero attached hydrogens (tertiary/aromatic N) is 2. The van der Waals surface area contributed by atoms with Crippen LogP contribution in [0, 0.1) is 13.8 Å². The molecular weight excluding hydrogens is 320 g/mol. The molecular formula is C15H19BrN2O2. The quantitative estimate of drug-likeness (QED) is 0.929. The number of aliphatic hydroxyl groups excluding tert-OH is 1. The summed E-state index contributed by atoms with van der Waals surface area (Å²) in [4.78, 5) is 0. The van der Waals surface area contributed by atoms with Gasteiger partial charge in [0.15, 0.2) is 0 Å². The number of benzene rings is 1. The lowest BCUT2D eigenvalue weighted by atomic mass is 10.1. The van der Waals surface area contributed by atoms with Gasteiger partial charge in [-0.05, 0) is 44.5 Å². The lowest BCUT2D eigenvalue weighted by molar-refractivity contribution is 0.197. The van der Waals surface area contributed by atoms with E-state index < -0.39 is 6.10 Å². The Bertz CT molecular complexity index is 621. The van der Waals surface area contributed by atoms with E-state index in [1.807, 2.05) is 36.7 Å². The van der Waals surface area contributed by atoms with Gasteiger partial charge in [-0.2, -0.15) is 5.10 Å². The number of aryl methyl sites for hydroxylation is 1. The molecule has 0 amide bonds. The van der Waals surface area contributed by atoms with E-state index in [4.69, 9.17) is 4.74 Å². The minimum absolute atomic E-state index is 0.502. The van der Waals surface area contributed by atoms with Crippen molar-refractivity contribution in [2.75, 3.05) is 7.11 Å². The number of methoxy groups -OCH3 is 1. The minimum atomic E-state index is -0.502. The molecule has 0 fully saturated rings. The highest BCUT2D eigenvalue weighted by Crippen LogP contribution is 2.26. The molecule has 108 valence electrons. The molecule has 1 N–H and O–H groups in total. The first-order valence-corrected chi connectivity index (χ1v) is 7.27. The van der Waals surface area contributed by atoms with E-state index in [1.165, 1.54) is 0 Å². The molecule has 0 saturated heterocycles. The van der Waals surface area contributed by atoms with Gasteiger partial charge in [-0.1, -0.05) is 15.9 Å². The van der Waals surface area contributed by atoms with Gasteiger partial charge in [0.1, 0.15) is 5.75 Å². The Morgan fingerprint density at radius 2 is 2.10 bits per heavy atom. The van der Waals surface area contributed by atoms with Crippen molar-refractivity contribution in [3.63, 3.8) is 0 Å². The monoisotopic (exact) mass is 338 g/mol. The molecule has 1 heterocycles. The Morgan fingerprint density at radius 3 is 2.65 bits per heavy atom. The predicted molar refractivity (Wildman–Crippen MR) is 82.1 cm³/mol. The topological polar surface area (TPSA) is 47.3 Å². The molecule has 1 atom stereocenters. The van der Waals surface area contributed by atoms with E-state index in [0.29, 0.717) is 6.54 Å². The van der Waals surface area contributed by atoms with Gasteiger partial charge in [-0.25, -0.2) is 0 Å². The Labute approximate surface area is 127 Å². The summed E-state index contributed by atoms with van der Waals surface area (Å²) in [5.41, 5.74) is 3.86. The molecule has 2 rings (SSSR count). The number of aliphatic hydroxyl groups is 1. The van der Waals surface area contributed by atoms with Crippen molar-refractivity contribution in [1.82, 2.24) is 9.78 Å². The fourth-order valence-electron chi connectivity index (χ4n) is 2.43. The second-order valence-electron chi connectivity index (χ2n) is 4.88. The Kier molecular flexibility index (Phi) is 4.50. The Hall–Kier alpha value is -1.33. The summed E-state index contributed by atoms with van der Waals surface area (Å²) in [5, 5.41) is 14.3. The second-order valence-corrected chi connectivity index (χ2v) is 5.73. The Morgan fingerprint density at radius 1 is 1.40 bits per heavy atom. The van der Waals surface area contributed by atoms with Gasteiger partial charge < -0.3 is 9.84 Å². The molecule has 5 heteroatoms. The van der Waals surface area contributed by atoms with Crippen LogP contribution in [-0.4, -0.2) is 22.0 Å². The lowest BCUT2D eigenvalue weighted by Gasteiger charge is -2.10.